The summed E-state index contributed by atoms with van der Waals surface area (Å²) in [7, 11) is -6.15. The average molecular weight is 198 g/mol. The van der Waals surface area contributed by atoms with E-state index in [1.807, 2.05) is 0 Å². The van der Waals surface area contributed by atoms with E-state index in [-0.39, 0.29) is 6.16 Å². The summed E-state index contributed by atoms with van der Waals surface area (Å²) in [5, 5.41) is 0. The normalized spacial score (nSPS) is 39.4. The van der Waals surface area contributed by atoms with E-state index in [9.17, 15) is 9.13 Å². The highest BCUT2D eigenvalue weighted by molar-refractivity contribution is 7.65. The molecule has 1 aliphatic heterocycles. The molecule has 66 valence electrons. The smallest absolute Gasteiger partial charge is 0.324 e. The van der Waals surface area contributed by atoms with Crippen molar-refractivity contribution in [2.24, 2.45) is 0 Å². The van der Waals surface area contributed by atoms with Crippen molar-refractivity contribution in [1.82, 2.24) is 0 Å². The average Bonchev–Trinajstić information content (AvgIpc) is 2.07. The molecule has 0 saturated carbocycles. The van der Waals surface area contributed by atoms with Crippen LogP contribution < -0.4 is 0 Å². The Morgan fingerprint density at radius 1 is 1.55 bits per heavy atom. The van der Waals surface area contributed by atoms with Crippen LogP contribution in [-0.4, -0.2) is 34.4 Å². The lowest BCUT2D eigenvalue weighted by Crippen LogP contribution is -2.05. The zero-order valence-corrected chi connectivity index (χ0v) is 8.09. The van der Waals surface area contributed by atoms with Crippen molar-refractivity contribution in [1.29, 1.82) is 0 Å². The van der Waals surface area contributed by atoms with Crippen molar-refractivity contribution in [2.75, 3.05) is 19.0 Å². The van der Waals surface area contributed by atoms with E-state index in [4.69, 9.17) is 9.79 Å². The lowest BCUT2D eigenvalue weighted by molar-refractivity contribution is 0.361. The van der Waals surface area contributed by atoms with Crippen LogP contribution in [0, 0.1) is 0 Å². The van der Waals surface area contributed by atoms with Crippen molar-refractivity contribution < 1.29 is 18.9 Å². The molecule has 6 heteroatoms. The van der Waals surface area contributed by atoms with Gasteiger partial charge in [0, 0.05) is 12.3 Å². The van der Waals surface area contributed by atoms with Gasteiger partial charge in [-0.3, -0.25) is 4.57 Å². The third kappa shape index (κ3) is 2.41. The molecule has 1 rings (SSSR count). The van der Waals surface area contributed by atoms with Gasteiger partial charge in [-0.05, 0) is 13.1 Å². The molecule has 0 bridgehead atoms. The Labute approximate surface area is 65.5 Å². The minimum absolute atomic E-state index is 0.220. The Kier molecular flexibility index (Phi) is 2.33. The maximum absolute atomic E-state index is 11.3. The SMILES string of the molecule is C[P@@]1(=O)CC[C@H](P(=O)(O)O)C1. The minimum Gasteiger partial charge on any atom is -0.324 e. The second-order valence-corrected chi connectivity index (χ2v) is 8.55. The number of hydrogen-bond donors (Lipinski definition) is 2. The van der Waals surface area contributed by atoms with Crippen LogP contribution in [-0.2, 0) is 9.13 Å². The summed E-state index contributed by atoms with van der Waals surface area (Å²) in [6.45, 7) is 1.61. The fourth-order valence-electron chi connectivity index (χ4n) is 1.33. The third-order valence-electron chi connectivity index (χ3n) is 2.01. The molecule has 1 saturated heterocycles. The van der Waals surface area contributed by atoms with Crippen LogP contribution in [0.4, 0.5) is 0 Å². The summed E-state index contributed by atoms with van der Waals surface area (Å²) < 4.78 is 22.0. The molecular formula is C5H12O4P2. The predicted molar refractivity (Wildman–Crippen MR) is 43.7 cm³/mol. The van der Waals surface area contributed by atoms with Crippen LogP contribution in [0.25, 0.3) is 0 Å². The Balaban J connectivity index is 2.70. The van der Waals surface area contributed by atoms with Crippen LogP contribution in [0.3, 0.4) is 0 Å². The highest BCUT2D eigenvalue weighted by Gasteiger charge is 2.39. The zero-order valence-electron chi connectivity index (χ0n) is 6.30. The first-order valence-electron chi connectivity index (χ1n) is 3.42. The molecule has 0 amide bonds. The van der Waals surface area contributed by atoms with Gasteiger partial charge in [-0.1, -0.05) is 0 Å². The molecule has 0 aliphatic carbocycles. The Morgan fingerprint density at radius 2 is 2.09 bits per heavy atom. The molecule has 0 aromatic rings. The summed E-state index contributed by atoms with van der Waals surface area (Å²) >= 11 is 0. The molecule has 0 radical (unpaired) electrons. The summed E-state index contributed by atoms with van der Waals surface area (Å²) in [5.41, 5.74) is -0.640. The number of hydrogen-bond acceptors (Lipinski definition) is 2. The van der Waals surface area contributed by atoms with E-state index in [0.29, 0.717) is 12.6 Å². The van der Waals surface area contributed by atoms with Gasteiger partial charge in [-0.15, -0.1) is 0 Å². The van der Waals surface area contributed by atoms with Gasteiger partial charge < -0.3 is 14.4 Å². The molecular weight excluding hydrogens is 186 g/mol. The monoisotopic (exact) mass is 198 g/mol. The van der Waals surface area contributed by atoms with Crippen LogP contribution in [0.5, 0.6) is 0 Å². The van der Waals surface area contributed by atoms with E-state index in [0.717, 1.165) is 0 Å². The molecule has 1 aliphatic rings. The maximum Gasteiger partial charge on any atom is 0.329 e. The highest BCUT2D eigenvalue weighted by Crippen LogP contribution is 2.58. The maximum atomic E-state index is 11.3. The Morgan fingerprint density at radius 3 is 2.27 bits per heavy atom. The van der Waals surface area contributed by atoms with Gasteiger partial charge in [0.05, 0.1) is 12.8 Å². The first-order valence-corrected chi connectivity index (χ1v) is 7.63. The fourth-order valence-corrected chi connectivity index (χ4v) is 6.00. The fraction of sp³-hybridized carbons (Fsp3) is 1.00. The molecule has 1 heterocycles. The quantitative estimate of drug-likeness (QED) is 0.614. The van der Waals surface area contributed by atoms with Crippen molar-refractivity contribution in [2.45, 2.75) is 12.1 Å². The standard InChI is InChI=1S/C5H12O4P2/c1-10(6)3-2-5(4-10)11(7,8)9/h5H,2-4H2,1H3,(H2,7,8,9)/t5-,10+/m0/s1. The molecule has 0 unspecified atom stereocenters. The van der Waals surface area contributed by atoms with Crippen molar-refractivity contribution in [3.8, 4) is 0 Å². The molecule has 2 N–H and O–H groups in total. The minimum atomic E-state index is -3.97. The van der Waals surface area contributed by atoms with E-state index in [2.05, 4.69) is 0 Å². The second-order valence-electron chi connectivity index (χ2n) is 3.23. The largest absolute Gasteiger partial charge is 0.329 e. The van der Waals surface area contributed by atoms with Gasteiger partial charge in [0.25, 0.3) is 0 Å². The summed E-state index contributed by atoms with van der Waals surface area (Å²) in [4.78, 5) is 17.5. The van der Waals surface area contributed by atoms with Gasteiger partial charge >= 0.3 is 7.60 Å². The van der Waals surface area contributed by atoms with Crippen molar-refractivity contribution in [3.05, 3.63) is 0 Å². The van der Waals surface area contributed by atoms with E-state index < -0.39 is 20.4 Å². The first kappa shape index (κ1) is 9.47. The van der Waals surface area contributed by atoms with Gasteiger partial charge in [-0.25, -0.2) is 0 Å². The zero-order chi connectivity index (χ0) is 8.70. The van der Waals surface area contributed by atoms with Crippen LogP contribution in [0.1, 0.15) is 6.42 Å². The Hall–Kier alpha value is 0.380. The molecule has 0 aromatic heterocycles. The molecule has 1 fully saturated rings. The lowest BCUT2D eigenvalue weighted by Gasteiger charge is -2.10. The van der Waals surface area contributed by atoms with Gasteiger partial charge in [0.1, 0.15) is 0 Å². The van der Waals surface area contributed by atoms with Crippen molar-refractivity contribution >= 4 is 14.7 Å². The molecule has 2 atom stereocenters. The molecule has 11 heavy (non-hydrogen) atoms. The molecule has 4 nitrogen and oxygen atoms in total. The van der Waals surface area contributed by atoms with Crippen molar-refractivity contribution in [3.63, 3.8) is 0 Å². The molecule has 0 spiro atoms. The topological polar surface area (TPSA) is 74.6 Å². The Bertz CT molecular complexity index is 243. The van der Waals surface area contributed by atoms with Crippen LogP contribution >= 0.6 is 14.7 Å². The second kappa shape index (κ2) is 2.70. The van der Waals surface area contributed by atoms with E-state index in [1.165, 1.54) is 0 Å². The van der Waals surface area contributed by atoms with Crippen LogP contribution in [0.2, 0.25) is 0 Å². The predicted octanol–water partition coefficient (Wildman–Crippen LogP) is 0.929. The van der Waals surface area contributed by atoms with Gasteiger partial charge in [0.15, 0.2) is 0 Å². The summed E-state index contributed by atoms with van der Waals surface area (Å²) in [6, 6.07) is 0. The number of rotatable bonds is 1. The van der Waals surface area contributed by atoms with E-state index in [1.54, 1.807) is 6.66 Å². The summed E-state index contributed by atoms with van der Waals surface area (Å²) in [5.74, 6) is 0. The van der Waals surface area contributed by atoms with Crippen LogP contribution in [0.15, 0.2) is 0 Å². The third-order valence-corrected chi connectivity index (χ3v) is 6.11. The van der Waals surface area contributed by atoms with E-state index >= 15 is 0 Å². The first-order chi connectivity index (χ1) is 4.81. The summed E-state index contributed by atoms with van der Waals surface area (Å²) in [6.07, 6.45) is 1.12. The van der Waals surface area contributed by atoms with Gasteiger partial charge in [0.2, 0.25) is 0 Å². The lowest BCUT2D eigenvalue weighted by atomic mass is 10.4. The highest BCUT2D eigenvalue weighted by atomic mass is 31.2. The van der Waals surface area contributed by atoms with Gasteiger partial charge in [-0.2, -0.15) is 0 Å². The molecule has 0 aromatic carbocycles.